The number of carbonyl (C=O) groups is 3. The Kier molecular flexibility index (Phi) is 7.28. The highest BCUT2D eigenvalue weighted by molar-refractivity contribution is 7.13. The monoisotopic (exact) mass is 435 g/mol. The van der Waals surface area contributed by atoms with Gasteiger partial charge in [0.25, 0.3) is 5.91 Å². The van der Waals surface area contributed by atoms with Gasteiger partial charge in [-0.25, -0.2) is 9.18 Å². The maximum atomic E-state index is 13.0. The highest BCUT2D eigenvalue weighted by Crippen LogP contribution is 2.29. The number of carbonyl (C=O) groups excluding carboxylic acids is 3. The summed E-state index contributed by atoms with van der Waals surface area (Å²) in [6.07, 6.45) is 1.59. The van der Waals surface area contributed by atoms with E-state index in [0.717, 1.165) is 12.8 Å². The third-order valence-corrected chi connectivity index (χ3v) is 5.57. The van der Waals surface area contributed by atoms with Crippen LogP contribution in [0.25, 0.3) is 0 Å². The molecule has 30 heavy (non-hydrogen) atoms. The highest BCUT2D eigenvalue weighted by Gasteiger charge is 2.28. The van der Waals surface area contributed by atoms with Gasteiger partial charge < -0.3 is 20.3 Å². The fraction of sp³-hybridized carbons (Fsp3) is 0.421. The summed E-state index contributed by atoms with van der Waals surface area (Å²) in [5.41, 5.74) is 0.459. The molecule has 1 aliphatic heterocycles. The number of urea groups is 1. The zero-order valence-electron chi connectivity index (χ0n) is 16.4. The lowest BCUT2D eigenvalue weighted by Gasteiger charge is -2.31. The molecule has 2 N–H and O–H groups in total. The van der Waals surface area contributed by atoms with Crippen molar-refractivity contribution >= 4 is 34.9 Å². The van der Waals surface area contributed by atoms with Crippen molar-refractivity contribution in [2.24, 2.45) is 0 Å². The van der Waals surface area contributed by atoms with Crippen LogP contribution in [0.4, 0.5) is 14.9 Å². The van der Waals surface area contributed by atoms with Gasteiger partial charge in [-0.15, -0.1) is 10.2 Å². The van der Waals surface area contributed by atoms with Crippen LogP contribution in [-0.4, -0.2) is 59.2 Å². The van der Waals surface area contributed by atoms with E-state index in [-0.39, 0.29) is 35.9 Å². The average Bonchev–Trinajstić information content (AvgIpc) is 3.24. The molecule has 0 unspecified atom stereocenters. The Morgan fingerprint density at radius 2 is 2.03 bits per heavy atom. The predicted molar refractivity (Wildman–Crippen MR) is 108 cm³/mol. The van der Waals surface area contributed by atoms with Crippen molar-refractivity contribution < 1.29 is 23.5 Å². The number of piperidine rings is 1. The number of ether oxygens (including phenoxy) is 1. The SMILES string of the molecule is CCOC(=O)CNC(=O)N1CCC[C@@H](c2nnc(C(=O)Nc3ccc(F)cc3)s2)C1. The van der Waals surface area contributed by atoms with E-state index in [9.17, 15) is 18.8 Å². The van der Waals surface area contributed by atoms with Crippen molar-refractivity contribution in [2.75, 3.05) is 31.6 Å². The van der Waals surface area contributed by atoms with Gasteiger partial charge in [-0.2, -0.15) is 0 Å². The van der Waals surface area contributed by atoms with E-state index in [4.69, 9.17) is 4.74 Å². The van der Waals surface area contributed by atoms with Crippen molar-refractivity contribution in [3.8, 4) is 0 Å². The summed E-state index contributed by atoms with van der Waals surface area (Å²) in [6, 6.07) is 5.09. The molecule has 1 aromatic carbocycles. The molecule has 1 fully saturated rings. The summed E-state index contributed by atoms with van der Waals surface area (Å²) in [5.74, 6) is -1.35. The molecule has 1 aliphatic rings. The van der Waals surface area contributed by atoms with Crippen LogP contribution in [0, 0.1) is 5.82 Å². The second-order valence-corrected chi connectivity index (χ2v) is 7.66. The number of benzene rings is 1. The predicted octanol–water partition coefficient (Wildman–Crippen LogP) is 2.38. The second kappa shape index (κ2) is 10.1. The van der Waals surface area contributed by atoms with Gasteiger partial charge in [0.15, 0.2) is 0 Å². The Morgan fingerprint density at radius 1 is 1.27 bits per heavy atom. The van der Waals surface area contributed by atoms with Gasteiger partial charge in [0.1, 0.15) is 17.4 Å². The summed E-state index contributed by atoms with van der Waals surface area (Å²) in [7, 11) is 0. The molecule has 1 aromatic heterocycles. The molecule has 3 rings (SSSR count). The molecule has 2 heterocycles. The third kappa shape index (κ3) is 5.72. The number of anilines is 1. The molecule has 160 valence electrons. The van der Waals surface area contributed by atoms with Crippen molar-refractivity contribution in [3.05, 3.63) is 40.1 Å². The van der Waals surface area contributed by atoms with Crippen LogP contribution in [0.2, 0.25) is 0 Å². The molecule has 1 saturated heterocycles. The summed E-state index contributed by atoms with van der Waals surface area (Å²) in [4.78, 5) is 37.7. The summed E-state index contributed by atoms with van der Waals surface area (Å²) in [5, 5.41) is 14.1. The zero-order valence-corrected chi connectivity index (χ0v) is 17.2. The first-order chi connectivity index (χ1) is 14.5. The fourth-order valence-electron chi connectivity index (χ4n) is 3.04. The standard InChI is InChI=1S/C19H22FN5O4S/c1-2-29-15(26)10-21-19(28)25-9-3-4-12(11-25)17-23-24-18(30-17)16(27)22-14-7-5-13(20)6-8-14/h5-8,12H,2-4,9-11H2,1H3,(H,21,28)(H,22,27)/t12-/m1/s1. The van der Waals surface area contributed by atoms with Crippen LogP contribution in [0.3, 0.4) is 0 Å². The van der Waals surface area contributed by atoms with Gasteiger partial charge in [0.2, 0.25) is 5.01 Å². The topological polar surface area (TPSA) is 114 Å². The van der Waals surface area contributed by atoms with Crippen molar-refractivity contribution in [1.82, 2.24) is 20.4 Å². The molecule has 3 amide bonds. The lowest BCUT2D eigenvalue weighted by molar-refractivity contribution is -0.141. The van der Waals surface area contributed by atoms with Crippen LogP contribution in [0.15, 0.2) is 24.3 Å². The van der Waals surface area contributed by atoms with E-state index in [2.05, 4.69) is 20.8 Å². The van der Waals surface area contributed by atoms with Crippen LogP contribution < -0.4 is 10.6 Å². The van der Waals surface area contributed by atoms with E-state index < -0.39 is 11.9 Å². The van der Waals surface area contributed by atoms with E-state index in [1.54, 1.807) is 11.8 Å². The van der Waals surface area contributed by atoms with E-state index >= 15 is 0 Å². The molecule has 0 bridgehead atoms. The first-order valence-electron chi connectivity index (χ1n) is 9.55. The van der Waals surface area contributed by atoms with Gasteiger partial charge in [0, 0.05) is 24.7 Å². The van der Waals surface area contributed by atoms with Gasteiger partial charge in [-0.1, -0.05) is 11.3 Å². The van der Waals surface area contributed by atoms with Crippen molar-refractivity contribution in [3.63, 3.8) is 0 Å². The molecule has 0 saturated carbocycles. The van der Waals surface area contributed by atoms with E-state index in [1.807, 2.05) is 0 Å². The largest absolute Gasteiger partial charge is 0.465 e. The molecule has 11 heteroatoms. The summed E-state index contributed by atoms with van der Waals surface area (Å²) >= 11 is 1.17. The molecule has 0 aliphatic carbocycles. The summed E-state index contributed by atoms with van der Waals surface area (Å²) in [6.45, 7) is 2.77. The zero-order chi connectivity index (χ0) is 21.5. The van der Waals surface area contributed by atoms with Crippen molar-refractivity contribution in [1.29, 1.82) is 0 Å². The number of nitrogens with zero attached hydrogens (tertiary/aromatic N) is 3. The van der Waals surface area contributed by atoms with Crippen LogP contribution >= 0.6 is 11.3 Å². The first-order valence-corrected chi connectivity index (χ1v) is 10.4. The number of aromatic nitrogens is 2. The molecular weight excluding hydrogens is 413 g/mol. The fourth-order valence-corrected chi connectivity index (χ4v) is 3.91. The average molecular weight is 435 g/mol. The Morgan fingerprint density at radius 3 is 2.77 bits per heavy atom. The highest BCUT2D eigenvalue weighted by atomic mass is 32.1. The lowest BCUT2D eigenvalue weighted by atomic mass is 9.99. The minimum absolute atomic E-state index is 0.0445. The van der Waals surface area contributed by atoms with Crippen LogP contribution in [0.5, 0.6) is 0 Å². The number of hydrogen-bond donors (Lipinski definition) is 2. The molecule has 9 nitrogen and oxygen atoms in total. The van der Waals surface area contributed by atoms with Crippen molar-refractivity contribution in [2.45, 2.75) is 25.7 Å². The maximum absolute atomic E-state index is 13.0. The van der Waals surface area contributed by atoms with Gasteiger partial charge in [-0.3, -0.25) is 9.59 Å². The van der Waals surface area contributed by atoms with Crippen LogP contribution in [-0.2, 0) is 9.53 Å². The molecule has 2 aromatic rings. The first kappa shape index (κ1) is 21.6. The van der Waals surface area contributed by atoms with Crippen LogP contribution in [0.1, 0.15) is 40.5 Å². The third-order valence-electron chi connectivity index (χ3n) is 4.48. The molecule has 0 radical (unpaired) electrons. The minimum Gasteiger partial charge on any atom is -0.465 e. The minimum atomic E-state index is -0.486. The van der Waals surface area contributed by atoms with Gasteiger partial charge >= 0.3 is 12.0 Å². The number of hydrogen-bond acceptors (Lipinski definition) is 7. The maximum Gasteiger partial charge on any atom is 0.325 e. The summed E-state index contributed by atoms with van der Waals surface area (Å²) < 4.78 is 17.8. The van der Waals surface area contributed by atoms with E-state index in [1.165, 1.54) is 35.6 Å². The number of likely N-dealkylation sites (tertiary alicyclic amines) is 1. The van der Waals surface area contributed by atoms with Gasteiger partial charge in [0.05, 0.1) is 6.61 Å². The molecular formula is C19H22FN5O4S. The number of nitrogens with one attached hydrogen (secondary N) is 2. The normalized spacial score (nSPS) is 16.1. The Labute approximate surface area is 176 Å². The molecule has 1 atom stereocenters. The Bertz CT molecular complexity index is 905. The number of rotatable bonds is 6. The Balaban J connectivity index is 1.56. The second-order valence-electron chi connectivity index (χ2n) is 6.66. The number of halogens is 1. The number of esters is 1. The van der Waals surface area contributed by atoms with Gasteiger partial charge in [-0.05, 0) is 44.0 Å². The number of amides is 3. The van der Waals surface area contributed by atoms with E-state index in [0.29, 0.717) is 23.8 Å². The lowest BCUT2D eigenvalue weighted by Crippen LogP contribution is -2.46. The smallest absolute Gasteiger partial charge is 0.325 e. The quantitative estimate of drug-likeness (QED) is 0.674. The Hall–Kier alpha value is -3.08. The molecule has 0 spiro atoms.